The van der Waals surface area contributed by atoms with Crippen molar-refractivity contribution in [3.05, 3.63) is 53.5 Å². The first-order valence-electron chi connectivity index (χ1n) is 6.96. The molecule has 3 rings (SSSR count). The number of nitrogens with two attached hydrogens (primary N) is 1. The lowest BCUT2D eigenvalue weighted by atomic mass is 10.00. The highest BCUT2D eigenvalue weighted by Crippen LogP contribution is 2.24. The van der Waals surface area contributed by atoms with Crippen molar-refractivity contribution in [3.8, 4) is 11.1 Å². The summed E-state index contributed by atoms with van der Waals surface area (Å²) in [6.07, 6.45) is 3.26. The van der Waals surface area contributed by atoms with Crippen LogP contribution in [-0.2, 0) is 0 Å². The minimum atomic E-state index is -0.279. The molecule has 0 unspecified atom stereocenters. The number of anilines is 2. The van der Waals surface area contributed by atoms with Gasteiger partial charge in [-0.25, -0.2) is 9.97 Å². The number of nitrogens with one attached hydrogen (secondary N) is 1. The first-order valence-corrected chi connectivity index (χ1v) is 6.96. The molecule has 0 atom stereocenters. The van der Waals surface area contributed by atoms with Crippen LogP contribution >= 0.6 is 0 Å². The highest BCUT2D eigenvalue weighted by atomic mass is 16.5. The Labute approximate surface area is 132 Å². The number of carbonyl (C=O) groups excluding carboxylic acids is 1. The third kappa shape index (κ3) is 3.18. The molecule has 0 radical (unpaired) electrons. The van der Waals surface area contributed by atoms with Crippen LogP contribution in [0.4, 0.5) is 11.8 Å². The van der Waals surface area contributed by atoms with Gasteiger partial charge in [0.25, 0.3) is 5.91 Å². The molecule has 0 spiro atoms. The van der Waals surface area contributed by atoms with E-state index in [4.69, 9.17) is 10.3 Å². The summed E-state index contributed by atoms with van der Waals surface area (Å²) < 4.78 is 4.99. The minimum absolute atomic E-state index is 0.209. The number of hydrogen-bond donors (Lipinski definition) is 2. The Morgan fingerprint density at radius 3 is 2.57 bits per heavy atom. The molecule has 7 heteroatoms. The van der Waals surface area contributed by atoms with Crippen molar-refractivity contribution in [1.29, 1.82) is 0 Å². The Kier molecular flexibility index (Phi) is 3.76. The molecule has 3 aromatic rings. The van der Waals surface area contributed by atoms with E-state index in [-0.39, 0.29) is 11.9 Å². The number of hydrogen-bond acceptors (Lipinski definition) is 6. The third-order valence-corrected chi connectivity index (χ3v) is 3.35. The summed E-state index contributed by atoms with van der Waals surface area (Å²) in [5, 5.41) is 6.40. The number of amides is 1. The molecule has 23 heavy (non-hydrogen) atoms. The Hall–Kier alpha value is -3.22. The monoisotopic (exact) mass is 309 g/mol. The highest BCUT2D eigenvalue weighted by molar-refractivity contribution is 6.04. The quantitative estimate of drug-likeness (QED) is 0.770. The molecular formula is C16H15N5O2. The van der Waals surface area contributed by atoms with E-state index in [0.29, 0.717) is 17.1 Å². The molecule has 2 aromatic heterocycles. The van der Waals surface area contributed by atoms with E-state index in [1.807, 2.05) is 13.0 Å². The van der Waals surface area contributed by atoms with E-state index in [0.717, 1.165) is 16.7 Å². The molecule has 116 valence electrons. The van der Waals surface area contributed by atoms with Gasteiger partial charge in [0, 0.05) is 29.6 Å². The summed E-state index contributed by atoms with van der Waals surface area (Å²) in [7, 11) is 0. The fraction of sp³-hybridized carbons (Fsp3) is 0.125. The molecule has 0 aliphatic heterocycles. The number of benzene rings is 1. The summed E-state index contributed by atoms with van der Waals surface area (Å²) in [5.74, 6) is 0.241. The predicted molar refractivity (Wildman–Crippen MR) is 85.8 cm³/mol. The SMILES string of the molecule is Cc1cc(NC(=O)c2ccc(C)c(-c3cnc(N)nc3)c2)on1. The molecule has 0 saturated heterocycles. The van der Waals surface area contributed by atoms with Gasteiger partial charge in [0.2, 0.25) is 11.8 Å². The van der Waals surface area contributed by atoms with Crippen LogP contribution < -0.4 is 11.1 Å². The largest absolute Gasteiger partial charge is 0.368 e. The van der Waals surface area contributed by atoms with Crippen LogP contribution in [0.15, 0.2) is 41.2 Å². The second-order valence-electron chi connectivity index (χ2n) is 5.15. The van der Waals surface area contributed by atoms with Gasteiger partial charge < -0.3 is 10.3 Å². The molecule has 1 amide bonds. The second-order valence-corrected chi connectivity index (χ2v) is 5.15. The van der Waals surface area contributed by atoms with Gasteiger partial charge in [0.05, 0.1) is 5.69 Å². The van der Waals surface area contributed by atoms with Crippen LogP contribution in [0.3, 0.4) is 0 Å². The molecule has 7 nitrogen and oxygen atoms in total. The molecule has 2 heterocycles. The first-order chi connectivity index (χ1) is 11.0. The fourth-order valence-electron chi connectivity index (χ4n) is 2.16. The maximum Gasteiger partial charge on any atom is 0.258 e. The van der Waals surface area contributed by atoms with Crippen LogP contribution in [-0.4, -0.2) is 21.0 Å². The average molecular weight is 309 g/mol. The van der Waals surface area contributed by atoms with E-state index in [9.17, 15) is 4.79 Å². The van der Waals surface area contributed by atoms with Gasteiger partial charge >= 0.3 is 0 Å². The van der Waals surface area contributed by atoms with Gasteiger partial charge in [-0.1, -0.05) is 11.2 Å². The normalized spacial score (nSPS) is 10.5. The summed E-state index contributed by atoms with van der Waals surface area (Å²) in [5.41, 5.74) is 9.37. The lowest BCUT2D eigenvalue weighted by Gasteiger charge is -2.08. The van der Waals surface area contributed by atoms with Crippen LogP contribution in [0.5, 0.6) is 0 Å². The van der Waals surface area contributed by atoms with Crippen molar-refractivity contribution >= 4 is 17.7 Å². The molecule has 0 bridgehead atoms. The standard InChI is InChI=1S/C16H15N5O2/c1-9-3-4-11(15(22)20-14-5-10(2)21-23-14)6-13(9)12-7-18-16(17)19-8-12/h3-8H,1-2H3,(H,20,22)(H2,17,18,19). The zero-order valence-electron chi connectivity index (χ0n) is 12.7. The van der Waals surface area contributed by atoms with Crippen molar-refractivity contribution in [2.45, 2.75) is 13.8 Å². The number of aryl methyl sites for hydroxylation is 2. The van der Waals surface area contributed by atoms with Crippen molar-refractivity contribution in [1.82, 2.24) is 15.1 Å². The molecule has 3 N–H and O–H groups in total. The summed E-state index contributed by atoms with van der Waals surface area (Å²) in [6, 6.07) is 7.05. The Balaban J connectivity index is 1.90. The molecular weight excluding hydrogens is 294 g/mol. The van der Waals surface area contributed by atoms with Crippen molar-refractivity contribution in [2.75, 3.05) is 11.1 Å². The van der Waals surface area contributed by atoms with Crippen molar-refractivity contribution in [2.24, 2.45) is 0 Å². The lowest BCUT2D eigenvalue weighted by molar-refractivity contribution is 0.102. The number of nitrogen functional groups attached to an aromatic ring is 1. The second kappa shape index (κ2) is 5.88. The maximum atomic E-state index is 12.3. The summed E-state index contributed by atoms with van der Waals surface area (Å²) in [6.45, 7) is 3.73. The minimum Gasteiger partial charge on any atom is -0.368 e. The Morgan fingerprint density at radius 2 is 1.91 bits per heavy atom. The smallest absolute Gasteiger partial charge is 0.258 e. The first kappa shape index (κ1) is 14.7. The van der Waals surface area contributed by atoms with E-state index in [1.165, 1.54) is 0 Å². The van der Waals surface area contributed by atoms with Crippen molar-refractivity contribution < 1.29 is 9.32 Å². The molecule has 1 aromatic carbocycles. The Morgan fingerprint density at radius 1 is 1.17 bits per heavy atom. The topological polar surface area (TPSA) is 107 Å². The summed E-state index contributed by atoms with van der Waals surface area (Å²) >= 11 is 0. The summed E-state index contributed by atoms with van der Waals surface area (Å²) in [4.78, 5) is 20.3. The number of rotatable bonds is 3. The van der Waals surface area contributed by atoms with Crippen LogP contribution in [0.2, 0.25) is 0 Å². The van der Waals surface area contributed by atoms with Crippen LogP contribution in [0.25, 0.3) is 11.1 Å². The van der Waals surface area contributed by atoms with E-state index in [1.54, 1.807) is 37.5 Å². The van der Waals surface area contributed by atoms with Gasteiger partial charge in [-0.15, -0.1) is 0 Å². The van der Waals surface area contributed by atoms with Gasteiger partial charge in [-0.05, 0) is 37.1 Å². The molecule has 0 fully saturated rings. The van der Waals surface area contributed by atoms with Crippen LogP contribution in [0, 0.1) is 13.8 Å². The van der Waals surface area contributed by atoms with Crippen LogP contribution in [0.1, 0.15) is 21.6 Å². The number of aromatic nitrogens is 3. The highest BCUT2D eigenvalue weighted by Gasteiger charge is 2.12. The zero-order chi connectivity index (χ0) is 16.4. The fourth-order valence-corrected chi connectivity index (χ4v) is 2.16. The molecule has 0 aliphatic carbocycles. The van der Waals surface area contributed by atoms with Gasteiger partial charge in [-0.3, -0.25) is 10.1 Å². The zero-order valence-corrected chi connectivity index (χ0v) is 12.7. The lowest BCUT2D eigenvalue weighted by Crippen LogP contribution is -2.11. The molecule has 0 aliphatic rings. The van der Waals surface area contributed by atoms with E-state index < -0.39 is 0 Å². The predicted octanol–water partition coefficient (Wildman–Crippen LogP) is 2.58. The van der Waals surface area contributed by atoms with Gasteiger partial charge in [-0.2, -0.15) is 0 Å². The maximum absolute atomic E-state index is 12.3. The Bertz CT molecular complexity index is 855. The number of nitrogens with zero attached hydrogens (tertiary/aromatic N) is 3. The van der Waals surface area contributed by atoms with Crippen molar-refractivity contribution in [3.63, 3.8) is 0 Å². The van der Waals surface area contributed by atoms with E-state index >= 15 is 0 Å². The van der Waals surface area contributed by atoms with Gasteiger partial charge in [0.15, 0.2) is 0 Å². The number of carbonyl (C=O) groups is 1. The van der Waals surface area contributed by atoms with Gasteiger partial charge in [0.1, 0.15) is 0 Å². The van der Waals surface area contributed by atoms with E-state index in [2.05, 4.69) is 20.4 Å². The average Bonchev–Trinajstić information content (AvgIpc) is 2.94. The third-order valence-electron chi connectivity index (χ3n) is 3.35. The molecule has 0 saturated carbocycles.